The molecule has 0 unspecified atom stereocenters. The maximum absolute atomic E-state index is 9.77. The topological polar surface area (TPSA) is 41.5 Å². The minimum Gasteiger partial charge on any atom is -0.503 e. The third-order valence-electron chi connectivity index (χ3n) is 2.78. The Hall–Kier alpha value is -0.740. The molecule has 88 valence electrons. The van der Waals surface area contributed by atoms with Gasteiger partial charge in [0.2, 0.25) is 0 Å². The molecule has 4 heteroatoms. The Kier molecular flexibility index (Phi) is 3.71. The number of rotatable bonds is 4. The fourth-order valence-electron chi connectivity index (χ4n) is 1.84. The molecular weight excluding hydrogens is 270 g/mol. The van der Waals surface area contributed by atoms with Crippen molar-refractivity contribution in [3.05, 3.63) is 22.2 Å². The lowest BCUT2D eigenvalue weighted by molar-refractivity contribution is 0.315. The van der Waals surface area contributed by atoms with Gasteiger partial charge in [-0.1, -0.05) is 0 Å². The SMILES string of the molecule is CCOc1cc(CC2CNC2)cc(Br)c1O. The summed E-state index contributed by atoms with van der Waals surface area (Å²) in [6.07, 6.45) is 1.03. The van der Waals surface area contributed by atoms with Gasteiger partial charge in [-0.05, 0) is 66.0 Å². The molecule has 0 radical (unpaired) electrons. The summed E-state index contributed by atoms with van der Waals surface area (Å²) in [4.78, 5) is 0. The first-order valence-corrected chi connectivity index (χ1v) is 6.35. The van der Waals surface area contributed by atoms with E-state index in [0.29, 0.717) is 22.7 Å². The number of hydrogen-bond donors (Lipinski definition) is 2. The lowest BCUT2D eigenvalue weighted by atomic mass is 9.94. The smallest absolute Gasteiger partial charge is 0.172 e. The van der Waals surface area contributed by atoms with Crippen LogP contribution in [0.2, 0.25) is 0 Å². The van der Waals surface area contributed by atoms with Gasteiger partial charge in [-0.3, -0.25) is 0 Å². The third kappa shape index (κ3) is 2.50. The van der Waals surface area contributed by atoms with Crippen LogP contribution in [0.25, 0.3) is 0 Å². The first-order valence-electron chi connectivity index (χ1n) is 5.55. The number of ether oxygens (including phenoxy) is 1. The molecule has 1 heterocycles. The van der Waals surface area contributed by atoms with E-state index in [-0.39, 0.29) is 5.75 Å². The predicted octanol–water partition coefficient (Wildman–Crippen LogP) is 2.32. The average molecular weight is 286 g/mol. The molecule has 1 aromatic rings. The van der Waals surface area contributed by atoms with Gasteiger partial charge in [-0.2, -0.15) is 0 Å². The van der Waals surface area contributed by atoms with Crippen LogP contribution >= 0.6 is 15.9 Å². The molecule has 1 saturated heterocycles. The highest BCUT2D eigenvalue weighted by molar-refractivity contribution is 9.10. The maximum atomic E-state index is 9.77. The van der Waals surface area contributed by atoms with Crippen molar-refractivity contribution in [3.63, 3.8) is 0 Å². The summed E-state index contributed by atoms with van der Waals surface area (Å²) in [6, 6.07) is 3.90. The van der Waals surface area contributed by atoms with Crippen molar-refractivity contribution in [3.8, 4) is 11.5 Å². The van der Waals surface area contributed by atoms with Gasteiger partial charge in [0, 0.05) is 0 Å². The Morgan fingerprint density at radius 2 is 2.25 bits per heavy atom. The normalized spacial score (nSPS) is 15.9. The second kappa shape index (κ2) is 5.06. The van der Waals surface area contributed by atoms with Crippen molar-refractivity contribution in [2.45, 2.75) is 13.3 Å². The number of phenols is 1. The Bertz CT molecular complexity index is 378. The molecule has 3 nitrogen and oxygen atoms in total. The maximum Gasteiger partial charge on any atom is 0.172 e. The highest BCUT2D eigenvalue weighted by Gasteiger charge is 2.18. The highest BCUT2D eigenvalue weighted by Crippen LogP contribution is 2.36. The van der Waals surface area contributed by atoms with E-state index >= 15 is 0 Å². The zero-order valence-electron chi connectivity index (χ0n) is 9.29. The molecule has 1 aromatic carbocycles. The Labute approximate surface area is 104 Å². The van der Waals surface area contributed by atoms with Gasteiger partial charge in [-0.25, -0.2) is 0 Å². The van der Waals surface area contributed by atoms with E-state index in [9.17, 15) is 5.11 Å². The fraction of sp³-hybridized carbons (Fsp3) is 0.500. The Balaban J connectivity index is 2.17. The second-order valence-corrected chi connectivity index (χ2v) is 4.94. The molecular formula is C12H16BrNO2. The molecule has 0 amide bonds. The predicted molar refractivity (Wildman–Crippen MR) is 67.0 cm³/mol. The van der Waals surface area contributed by atoms with Crippen LogP contribution in [0.1, 0.15) is 12.5 Å². The summed E-state index contributed by atoms with van der Waals surface area (Å²) in [5.74, 6) is 1.47. The first kappa shape index (κ1) is 11.7. The zero-order valence-corrected chi connectivity index (χ0v) is 10.9. The lowest BCUT2D eigenvalue weighted by Crippen LogP contribution is -2.43. The summed E-state index contributed by atoms with van der Waals surface area (Å²) in [7, 11) is 0. The van der Waals surface area contributed by atoms with E-state index in [4.69, 9.17) is 4.74 Å². The summed E-state index contributed by atoms with van der Waals surface area (Å²) < 4.78 is 6.10. The largest absolute Gasteiger partial charge is 0.503 e. The Morgan fingerprint density at radius 1 is 1.50 bits per heavy atom. The van der Waals surface area contributed by atoms with Gasteiger partial charge in [0.05, 0.1) is 11.1 Å². The van der Waals surface area contributed by atoms with Crippen LogP contribution in [0.3, 0.4) is 0 Å². The van der Waals surface area contributed by atoms with Crippen LogP contribution in [0.5, 0.6) is 11.5 Å². The Morgan fingerprint density at radius 3 is 2.81 bits per heavy atom. The van der Waals surface area contributed by atoms with E-state index in [1.165, 1.54) is 5.56 Å². The van der Waals surface area contributed by atoms with Crippen molar-refractivity contribution in [2.75, 3.05) is 19.7 Å². The number of benzene rings is 1. The van der Waals surface area contributed by atoms with Gasteiger partial charge in [0.15, 0.2) is 11.5 Å². The van der Waals surface area contributed by atoms with Crippen LogP contribution in [0.15, 0.2) is 16.6 Å². The zero-order chi connectivity index (χ0) is 11.5. The van der Waals surface area contributed by atoms with Crippen molar-refractivity contribution in [2.24, 2.45) is 5.92 Å². The van der Waals surface area contributed by atoms with E-state index in [1.807, 2.05) is 19.1 Å². The lowest BCUT2D eigenvalue weighted by Gasteiger charge is -2.27. The minimum absolute atomic E-state index is 0.192. The number of halogens is 1. The molecule has 2 rings (SSSR count). The molecule has 0 atom stereocenters. The van der Waals surface area contributed by atoms with Gasteiger partial charge in [-0.15, -0.1) is 0 Å². The molecule has 1 aliphatic rings. The summed E-state index contributed by atoms with van der Waals surface area (Å²) in [5.41, 5.74) is 1.21. The quantitative estimate of drug-likeness (QED) is 0.892. The monoisotopic (exact) mass is 285 g/mol. The highest BCUT2D eigenvalue weighted by atomic mass is 79.9. The number of phenolic OH excluding ortho intramolecular Hbond substituents is 1. The standard InChI is InChI=1S/C12H16BrNO2/c1-2-16-11-5-8(3-9-6-14-7-9)4-10(13)12(11)15/h4-5,9,14-15H,2-3,6-7H2,1H3. The molecule has 1 aliphatic heterocycles. The van der Waals surface area contributed by atoms with E-state index in [0.717, 1.165) is 19.5 Å². The fourth-order valence-corrected chi connectivity index (χ4v) is 2.33. The molecule has 1 fully saturated rings. The van der Waals surface area contributed by atoms with Crippen molar-refractivity contribution >= 4 is 15.9 Å². The first-order chi connectivity index (χ1) is 7.70. The van der Waals surface area contributed by atoms with Gasteiger partial charge in [0.25, 0.3) is 0 Å². The molecule has 0 aliphatic carbocycles. The van der Waals surface area contributed by atoms with Crippen molar-refractivity contribution < 1.29 is 9.84 Å². The van der Waals surface area contributed by atoms with Crippen LogP contribution in [-0.4, -0.2) is 24.8 Å². The summed E-state index contributed by atoms with van der Waals surface area (Å²) in [5, 5.41) is 13.0. The van der Waals surface area contributed by atoms with Gasteiger partial charge < -0.3 is 15.2 Å². The molecule has 16 heavy (non-hydrogen) atoms. The third-order valence-corrected chi connectivity index (χ3v) is 3.38. The van der Waals surface area contributed by atoms with E-state index < -0.39 is 0 Å². The van der Waals surface area contributed by atoms with Crippen LogP contribution in [0, 0.1) is 5.92 Å². The minimum atomic E-state index is 0.192. The molecule has 0 spiro atoms. The van der Waals surface area contributed by atoms with Gasteiger partial charge >= 0.3 is 0 Å². The molecule has 0 bridgehead atoms. The number of aromatic hydroxyl groups is 1. The average Bonchev–Trinajstić information content (AvgIpc) is 2.19. The number of nitrogens with one attached hydrogen (secondary N) is 1. The van der Waals surface area contributed by atoms with Crippen LogP contribution in [-0.2, 0) is 6.42 Å². The van der Waals surface area contributed by atoms with E-state index in [2.05, 4.69) is 21.2 Å². The summed E-state index contributed by atoms with van der Waals surface area (Å²) in [6.45, 7) is 4.65. The molecule has 2 N–H and O–H groups in total. The van der Waals surface area contributed by atoms with Gasteiger partial charge in [0.1, 0.15) is 0 Å². The second-order valence-electron chi connectivity index (χ2n) is 4.09. The van der Waals surface area contributed by atoms with Crippen molar-refractivity contribution in [1.82, 2.24) is 5.32 Å². The molecule has 0 saturated carbocycles. The van der Waals surface area contributed by atoms with Crippen LogP contribution in [0.4, 0.5) is 0 Å². The van der Waals surface area contributed by atoms with Crippen molar-refractivity contribution in [1.29, 1.82) is 0 Å². The van der Waals surface area contributed by atoms with E-state index in [1.54, 1.807) is 0 Å². The van der Waals surface area contributed by atoms with Crippen LogP contribution < -0.4 is 10.1 Å². The molecule has 0 aromatic heterocycles. The number of hydrogen-bond acceptors (Lipinski definition) is 3. The summed E-state index contributed by atoms with van der Waals surface area (Å²) >= 11 is 3.35.